The molecule has 3 heterocycles. The van der Waals surface area contributed by atoms with Gasteiger partial charge in [-0.05, 0) is 37.4 Å². The molecule has 1 saturated carbocycles. The summed E-state index contributed by atoms with van der Waals surface area (Å²) in [4.78, 5) is 9.00. The van der Waals surface area contributed by atoms with Gasteiger partial charge in [-0.15, -0.1) is 0 Å². The summed E-state index contributed by atoms with van der Waals surface area (Å²) in [5, 5.41) is 4.31. The first-order valence-electron chi connectivity index (χ1n) is 6.76. The lowest BCUT2D eigenvalue weighted by atomic mass is 10.2. The molecule has 102 valence electrons. The second kappa shape index (κ2) is 4.28. The topological polar surface area (TPSA) is 55.6 Å². The maximum atomic E-state index is 4.81. The van der Waals surface area contributed by atoms with Gasteiger partial charge in [0.05, 0.1) is 23.0 Å². The van der Waals surface area contributed by atoms with Crippen LogP contribution in [0.25, 0.3) is 22.4 Å². The molecule has 1 aliphatic carbocycles. The van der Waals surface area contributed by atoms with E-state index in [2.05, 4.69) is 25.3 Å². The molecule has 1 aliphatic rings. The van der Waals surface area contributed by atoms with Gasteiger partial charge in [0.1, 0.15) is 16.3 Å². The van der Waals surface area contributed by atoms with E-state index >= 15 is 0 Å². The summed E-state index contributed by atoms with van der Waals surface area (Å²) in [5.41, 5.74) is 4.29. The Morgan fingerprint density at radius 3 is 3.00 bits per heavy atom. The maximum absolute atomic E-state index is 4.81. The van der Waals surface area contributed by atoms with Gasteiger partial charge in [-0.25, -0.2) is 4.98 Å². The van der Waals surface area contributed by atoms with E-state index in [0.29, 0.717) is 6.04 Å². The molecule has 3 aromatic rings. The van der Waals surface area contributed by atoms with E-state index in [1.807, 2.05) is 26.4 Å². The van der Waals surface area contributed by atoms with Crippen LogP contribution in [0.15, 0.2) is 18.5 Å². The number of rotatable bonds is 3. The molecule has 0 unspecified atom stereocenters. The summed E-state index contributed by atoms with van der Waals surface area (Å²) < 4.78 is 6.82. The lowest BCUT2D eigenvalue weighted by molar-refractivity contribution is 0.774. The molecule has 5 nitrogen and oxygen atoms in total. The van der Waals surface area contributed by atoms with Crippen molar-refractivity contribution < 1.29 is 0 Å². The first kappa shape index (κ1) is 11.8. The van der Waals surface area contributed by atoms with Crippen molar-refractivity contribution in [1.82, 2.24) is 18.9 Å². The van der Waals surface area contributed by atoms with Gasteiger partial charge in [0.15, 0.2) is 0 Å². The van der Waals surface area contributed by atoms with Gasteiger partial charge in [0, 0.05) is 19.3 Å². The van der Waals surface area contributed by atoms with Crippen molar-refractivity contribution in [1.29, 1.82) is 0 Å². The lowest BCUT2D eigenvalue weighted by Crippen LogP contribution is -1.99. The minimum atomic E-state index is 0.571. The van der Waals surface area contributed by atoms with Crippen molar-refractivity contribution >= 4 is 27.6 Å². The molecule has 4 rings (SSSR count). The summed E-state index contributed by atoms with van der Waals surface area (Å²) in [6.45, 7) is 2.04. The quantitative estimate of drug-likeness (QED) is 0.802. The Labute approximate surface area is 120 Å². The molecule has 0 saturated heterocycles. The number of hydrogen-bond donors (Lipinski definition) is 1. The number of nitrogens with zero attached hydrogens (tertiary/aromatic N) is 4. The van der Waals surface area contributed by atoms with Crippen LogP contribution in [0.4, 0.5) is 5.00 Å². The number of hydrogen-bond acceptors (Lipinski definition) is 5. The molecule has 0 spiro atoms. The van der Waals surface area contributed by atoms with Crippen LogP contribution in [0, 0.1) is 6.92 Å². The molecule has 0 aromatic carbocycles. The normalized spacial score (nSPS) is 14.9. The number of imidazole rings is 1. The molecule has 0 radical (unpaired) electrons. The monoisotopic (exact) mass is 285 g/mol. The van der Waals surface area contributed by atoms with Gasteiger partial charge in [0.2, 0.25) is 0 Å². The molecule has 0 aliphatic heterocycles. The van der Waals surface area contributed by atoms with Gasteiger partial charge >= 0.3 is 0 Å². The van der Waals surface area contributed by atoms with Gasteiger partial charge < -0.3 is 9.88 Å². The van der Waals surface area contributed by atoms with E-state index in [1.165, 1.54) is 29.9 Å². The van der Waals surface area contributed by atoms with Crippen LogP contribution in [0.2, 0.25) is 0 Å². The number of fused-ring (bicyclic) bond motifs is 1. The van der Waals surface area contributed by atoms with E-state index in [9.17, 15) is 0 Å². The zero-order valence-corrected chi connectivity index (χ0v) is 12.2. The number of aromatic nitrogens is 4. The SMILES string of the molecule is CNc1snc(C)c1-c1nc2cnccc2n1C1CC1. The minimum Gasteiger partial charge on any atom is -0.378 e. The minimum absolute atomic E-state index is 0.571. The standard InChI is InChI=1S/C14H15N5S/c1-8-12(14(15-2)20-18-8)13-17-10-7-16-6-5-11(10)19(13)9-3-4-9/h5-7,9,15H,3-4H2,1-2H3. The number of anilines is 1. The molecule has 1 fully saturated rings. The van der Waals surface area contributed by atoms with Gasteiger partial charge in [0.25, 0.3) is 0 Å². The van der Waals surface area contributed by atoms with Crippen molar-refractivity contribution in [2.45, 2.75) is 25.8 Å². The molecular formula is C14H15N5S. The fourth-order valence-corrected chi connectivity index (χ4v) is 3.37. The molecule has 0 atom stereocenters. The Morgan fingerprint density at radius 1 is 1.40 bits per heavy atom. The van der Waals surface area contributed by atoms with Crippen LogP contribution in [0.1, 0.15) is 24.6 Å². The van der Waals surface area contributed by atoms with Crippen molar-refractivity contribution in [3.8, 4) is 11.4 Å². The zero-order chi connectivity index (χ0) is 13.7. The number of aryl methyl sites for hydroxylation is 1. The Balaban J connectivity index is 2.03. The van der Waals surface area contributed by atoms with Crippen molar-refractivity contribution in [2.75, 3.05) is 12.4 Å². The second-order valence-corrected chi connectivity index (χ2v) is 5.90. The van der Waals surface area contributed by atoms with Crippen molar-refractivity contribution in [3.63, 3.8) is 0 Å². The maximum Gasteiger partial charge on any atom is 0.146 e. The molecule has 6 heteroatoms. The smallest absolute Gasteiger partial charge is 0.146 e. The van der Waals surface area contributed by atoms with Crippen LogP contribution in [-0.4, -0.2) is 26.0 Å². The third-order valence-corrected chi connectivity index (χ3v) is 4.67. The third-order valence-electron chi connectivity index (χ3n) is 3.72. The van der Waals surface area contributed by atoms with E-state index in [4.69, 9.17) is 4.98 Å². The molecule has 3 aromatic heterocycles. The van der Waals surface area contributed by atoms with E-state index in [-0.39, 0.29) is 0 Å². The van der Waals surface area contributed by atoms with Gasteiger partial charge in [-0.3, -0.25) is 4.98 Å². The molecule has 0 bridgehead atoms. The van der Waals surface area contributed by atoms with Crippen molar-refractivity contribution in [2.24, 2.45) is 0 Å². The molecule has 1 N–H and O–H groups in total. The molecule has 20 heavy (non-hydrogen) atoms. The Bertz CT molecular complexity index is 784. The molecule has 0 amide bonds. The lowest BCUT2D eigenvalue weighted by Gasteiger charge is -2.08. The van der Waals surface area contributed by atoms with Crippen molar-refractivity contribution in [3.05, 3.63) is 24.2 Å². The van der Waals surface area contributed by atoms with E-state index in [1.54, 1.807) is 0 Å². The largest absolute Gasteiger partial charge is 0.378 e. The predicted octanol–water partition coefficient (Wildman–Crippen LogP) is 3.24. The molecular weight excluding hydrogens is 270 g/mol. The van der Waals surface area contributed by atoms with Crippen LogP contribution in [0.5, 0.6) is 0 Å². The highest BCUT2D eigenvalue weighted by Gasteiger charge is 2.30. The van der Waals surface area contributed by atoms with Crippen LogP contribution < -0.4 is 5.32 Å². The number of pyridine rings is 1. The second-order valence-electron chi connectivity index (χ2n) is 5.12. The van der Waals surface area contributed by atoms with Crippen LogP contribution in [0.3, 0.4) is 0 Å². The third kappa shape index (κ3) is 1.64. The fraction of sp³-hybridized carbons (Fsp3) is 0.357. The summed E-state index contributed by atoms with van der Waals surface area (Å²) >= 11 is 1.49. The highest BCUT2D eigenvalue weighted by molar-refractivity contribution is 7.10. The van der Waals surface area contributed by atoms with Gasteiger partial charge in [-0.1, -0.05) is 0 Å². The first-order chi connectivity index (χ1) is 9.79. The highest BCUT2D eigenvalue weighted by atomic mass is 32.1. The Hall–Kier alpha value is -1.95. The average Bonchev–Trinajstić information content (AvgIpc) is 3.12. The number of nitrogens with one attached hydrogen (secondary N) is 1. The Morgan fingerprint density at radius 2 is 2.25 bits per heavy atom. The summed E-state index contributed by atoms with van der Waals surface area (Å²) in [6, 6.07) is 2.62. The first-order valence-corrected chi connectivity index (χ1v) is 7.53. The fourth-order valence-electron chi connectivity index (χ4n) is 2.63. The summed E-state index contributed by atoms with van der Waals surface area (Å²) in [6.07, 6.45) is 6.13. The predicted molar refractivity (Wildman–Crippen MR) is 81.2 cm³/mol. The zero-order valence-electron chi connectivity index (χ0n) is 11.4. The Kier molecular flexibility index (Phi) is 2.53. The van der Waals surface area contributed by atoms with E-state index in [0.717, 1.165) is 27.6 Å². The summed E-state index contributed by atoms with van der Waals surface area (Å²) in [7, 11) is 1.93. The average molecular weight is 285 g/mol. The highest BCUT2D eigenvalue weighted by Crippen LogP contribution is 2.43. The summed E-state index contributed by atoms with van der Waals surface area (Å²) in [5.74, 6) is 1.02. The van der Waals surface area contributed by atoms with Crippen LogP contribution >= 0.6 is 11.5 Å². The van der Waals surface area contributed by atoms with Crippen LogP contribution in [-0.2, 0) is 0 Å². The van der Waals surface area contributed by atoms with Gasteiger partial charge in [-0.2, -0.15) is 4.37 Å². The van der Waals surface area contributed by atoms with E-state index < -0.39 is 0 Å².